The molecule has 3 nitrogen and oxygen atoms in total. The minimum atomic E-state index is -0.110. The lowest BCUT2D eigenvalue weighted by molar-refractivity contribution is 0.102. The third-order valence-electron chi connectivity index (χ3n) is 2.83. The number of benzene rings is 2. The summed E-state index contributed by atoms with van der Waals surface area (Å²) in [5, 5.41) is 2.91. The smallest absolute Gasteiger partial charge is 0.255 e. The number of hydrogen-bond acceptors (Lipinski definition) is 3. The lowest BCUT2D eigenvalue weighted by Gasteiger charge is -2.08. The molecule has 0 spiro atoms. The van der Waals surface area contributed by atoms with E-state index in [0.29, 0.717) is 12.2 Å². The van der Waals surface area contributed by atoms with E-state index in [4.69, 9.17) is 4.74 Å². The fourth-order valence-electron chi connectivity index (χ4n) is 1.87. The topological polar surface area (TPSA) is 38.3 Å². The molecule has 1 N–H and O–H groups in total. The Labute approximate surface area is 123 Å². The molecule has 0 bridgehead atoms. The van der Waals surface area contributed by atoms with Crippen molar-refractivity contribution in [3.63, 3.8) is 0 Å². The van der Waals surface area contributed by atoms with Gasteiger partial charge in [0.25, 0.3) is 5.91 Å². The van der Waals surface area contributed by atoms with Crippen LogP contribution in [0.25, 0.3) is 0 Å². The zero-order valence-electron chi connectivity index (χ0n) is 11.6. The van der Waals surface area contributed by atoms with Crippen LogP contribution in [0.3, 0.4) is 0 Å². The van der Waals surface area contributed by atoms with E-state index in [0.717, 1.165) is 16.1 Å². The number of hydrogen-bond donors (Lipinski definition) is 1. The normalized spacial score (nSPS) is 10.3. The predicted molar refractivity (Wildman–Crippen MR) is 83.3 cm³/mol. The fourth-order valence-corrected chi connectivity index (χ4v) is 2.33. The van der Waals surface area contributed by atoms with Crippen molar-refractivity contribution in [1.29, 1.82) is 0 Å². The Kier molecular flexibility index (Phi) is 5.21. The van der Waals surface area contributed by atoms with Gasteiger partial charge in [0, 0.05) is 23.3 Å². The number of methoxy groups -OCH3 is 1. The number of carbonyl (C=O) groups excluding carboxylic acids is 1. The third kappa shape index (κ3) is 3.85. The number of carbonyl (C=O) groups is 1. The highest BCUT2D eigenvalue weighted by Gasteiger charge is 2.07. The Hall–Kier alpha value is -1.78. The summed E-state index contributed by atoms with van der Waals surface area (Å²) in [5.74, 6) is -0.110. The van der Waals surface area contributed by atoms with Crippen molar-refractivity contribution in [3.8, 4) is 0 Å². The fraction of sp³-hybridized carbons (Fsp3) is 0.188. The van der Waals surface area contributed by atoms with Gasteiger partial charge in [-0.15, -0.1) is 11.8 Å². The molecule has 0 fully saturated rings. The first-order valence-corrected chi connectivity index (χ1v) is 7.48. The molecule has 0 saturated heterocycles. The molecule has 0 aliphatic rings. The number of nitrogens with one attached hydrogen (secondary N) is 1. The van der Waals surface area contributed by atoms with Gasteiger partial charge in [0.2, 0.25) is 0 Å². The molecule has 4 heteroatoms. The number of ether oxygens (including phenoxy) is 1. The zero-order chi connectivity index (χ0) is 14.4. The van der Waals surface area contributed by atoms with E-state index < -0.39 is 0 Å². The average molecular weight is 287 g/mol. The average Bonchev–Trinajstić information content (AvgIpc) is 2.48. The molecule has 0 atom stereocenters. The maximum absolute atomic E-state index is 12.2. The van der Waals surface area contributed by atoms with Gasteiger partial charge >= 0.3 is 0 Å². The Balaban J connectivity index is 2.12. The molecular formula is C16H17NO2S. The summed E-state index contributed by atoms with van der Waals surface area (Å²) >= 11 is 1.65. The molecule has 1 amide bonds. The van der Waals surface area contributed by atoms with Gasteiger partial charge in [0.1, 0.15) is 0 Å². The lowest BCUT2D eigenvalue weighted by Crippen LogP contribution is -2.12. The van der Waals surface area contributed by atoms with Crippen LogP contribution in [-0.2, 0) is 11.3 Å². The SMILES string of the molecule is COCc1cccc(C(=O)Nc2cccc(SC)c2)c1. The zero-order valence-corrected chi connectivity index (χ0v) is 12.4. The summed E-state index contributed by atoms with van der Waals surface area (Å²) in [4.78, 5) is 13.3. The molecule has 2 aromatic carbocycles. The van der Waals surface area contributed by atoms with Gasteiger partial charge in [-0.2, -0.15) is 0 Å². The number of rotatable bonds is 5. The molecule has 0 saturated carbocycles. The highest BCUT2D eigenvalue weighted by molar-refractivity contribution is 7.98. The van der Waals surface area contributed by atoms with Gasteiger partial charge in [0.15, 0.2) is 0 Å². The lowest BCUT2D eigenvalue weighted by atomic mass is 10.1. The van der Waals surface area contributed by atoms with Crippen LogP contribution >= 0.6 is 11.8 Å². The molecule has 0 unspecified atom stereocenters. The van der Waals surface area contributed by atoms with Crippen LogP contribution in [0, 0.1) is 0 Å². The number of amides is 1. The van der Waals surface area contributed by atoms with E-state index in [1.165, 1.54) is 0 Å². The van der Waals surface area contributed by atoms with Crippen LogP contribution in [0.1, 0.15) is 15.9 Å². The third-order valence-corrected chi connectivity index (χ3v) is 3.55. The highest BCUT2D eigenvalue weighted by Crippen LogP contribution is 2.19. The minimum Gasteiger partial charge on any atom is -0.380 e. The van der Waals surface area contributed by atoms with Crippen molar-refractivity contribution >= 4 is 23.4 Å². The Morgan fingerprint density at radius 3 is 2.75 bits per heavy atom. The van der Waals surface area contributed by atoms with Crippen LogP contribution in [-0.4, -0.2) is 19.3 Å². The summed E-state index contributed by atoms with van der Waals surface area (Å²) in [6.45, 7) is 0.503. The van der Waals surface area contributed by atoms with E-state index in [1.54, 1.807) is 24.9 Å². The molecule has 0 aliphatic heterocycles. The first-order valence-electron chi connectivity index (χ1n) is 6.26. The highest BCUT2D eigenvalue weighted by atomic mass is 32.2. The van der Waals surface area contributed by atoms with Crippen LogP contribution < -0.4 is 5.32 Å². The first-order chi connectivity index (χ1) is 9.72. The van der Waals surface area contributed by atoms with E-state index in [2.05, 4.69) is 5.32 Å². The standard InChI is InChI=1S/C16H17NO2S/c1-19-11-12-5-3-6-13(9-12)16(18)17-14-7-4-8-15(10-14)20-2/h3-10H,11H2,1-2H3,(H,17,18). The van der Waals surface area contributed by atoms with E-state index in [9.17, 15) is 4.79 Å². The second-order valence-electron chi connectivity index (χ2n) is 4.32. The number of anilines is 1. The van der Waals surface area contributed by atoms with Crippen molar-refractivity contribution in [3.05, 3.63) is 59.7 Å². The Morgan fingerprint density at radius 2 is 2.00 bits per heavy atom. The van der Waals surface area contributed by atoms with Gasteiger partial charge in [-0.3, -0.25) is 4.79 Å². The summed E-state index contributed by atoms with van der Waals surface area (Å²) in [7, 11) is 1.64. The minimum absolute atomic E-state index is 0.110. The van der Waals surface area contributed by atoms with Crippen LogP contribution in [0.5, 0.6) is 0 Å². The molecule has 104 valence electrons. The largest absolute Gasteiger partial charge is 0.380 e. The Bertz CT molecular complexity index is 599. The second kappa shape index (κ2) is 7.12. The van der Waals surface area contributed by atoms with Crippen LogP contribution in [0.15, 0.2) is 53.4 Å². The summed E-state index contributed by atoms with van der Waals surface area (Å²) in [5.41, 5.74) is 2.42. The summed E-state index contributed by atoms with van der Waals surface area (Å²) in [6, 6.07) is 15.2. The van der Waals surface area contributed by atoms with Crippen LogP contribution in [0.2, 0.25) is 0 Å². The van der Waals surface area contributed by atoms with Crippen molar-refractivity contribution < 1.29 is 9.53 Å². The molecule has 0 heterocycles. The van der Waals surface area contributed by atoms with Crippen LogP contribution in [0.4, 0.5) is 5.69 Å². The molecule has 2 aromatic rings. The molecule has 2 rings (SSSR count). The molecule has 20 heavy (non-hydrogen) atoms. The monoisotopic (exact) mass is 287 g/mol. The summed E-state index contributed by atoms with van der Waals surface area (Å²) < 4.78 is 5.08. The van der Waals surface area contributed by atoms with Gasteiger partial charge in [-0.25, -0.2) is 0 Å². The van der Waals surface area contributed by atoms with Gasteiger partial charge in [-0.1, -0.05) is 18.2 Å². The quantitative estimate of drug-likeness (QED) is 0.850. The molecule has 0 aliphatic carbocycles. The maximum atomic E-state index is 12.2. The van der Waals surface area contributed by atoms with Crippen molar-refractivity contribution in [2.75, 3.05) is 18.7 Å². The van der Waals surface area contributed by atoms with E-state index in [1.807, 2.05) is 48.7 Å². The predicted octanol–water partition coefficient (Wildman–Crippen LogP) is 3.81. The van der Waals surface area contributed by atoms with Crippen molar-refractivity contribution in [2.45, 2.75) is 11.5 Å². The van der Waals surface area contributed by atoms with Crippen molar-refractivity contribution in [2.24, 2.45) is 0 Å². The van der Waals surface area contributed by atoms with E-state index >= 15 is 0 Å². The Morgan fingerprint density at radius 1 is 1.20 bits per heavy atom. The van der Waals surface area contributed by atoms with E-state index in [-0.39, 0.29) is 5.91 Å². The second-order valence-corrected chi connectivity index (χ2v) is 5.20. The number of thioether (sulfide) groups is 1. The maximum Gasteiger partial charge on any atom is 0.255 e. The molecule has 0 aromatic heterocycles. The van der Waals surface area contributed by atoms with Gasteiger partial charge < -0.3 is 10.1 Å². The van der Waals surface area contributed by atoms with Gasteiger partial charge in [0.05, 0.1) is 6.61 Å². The van der Waals surface area contributed by atoms with Crippen molar-refractivity contribution in [1.82, 2.24) is 0 Å². The molecule has 0 radical (unpaired) electrons. The summed E-state index contributed by atoms with van der Waals surface area (Å²) in [6.07, 6.45) is 2.01. The first kappa shape index (κ1) is 14.6. The van der Waals surface area contributed by atoms with Gasteiger partial charge in [-0.05, 0) is 42.2 Å². The molecular weight excluding hydrogens is 270 g/mol.